The van der Waals surface area contributed by atoms with Crippen LogP contribution in [0.25, 0.3) is 0 Å². The molecule has 0 amide bonds. The predicted molar refractivity (Wildman–Crippen MR) is 293 cm³/mol. The smallest absolute Gasteiger partial charge is 0.335 e. The standard InChI is InChI=1S/C61H88O12/c1-4-7-10-13-16-19-22-25-26-27-28-31-34-37-40-43-46-49-55(64)72-59-57(66)56(65)58(60(67)68)73-61(59)70-51-52(71-54(63)48-45-42-39-36-33-30-24-21-18-15-12-9-6-3)50-69-53(62)47-44-41-38-35-32-29-23-20-17-14-11-8-5-2/h7-12,16-21,25-26,28-33,37-42,52,56-59,61,65-66H,4-6,13-15,22-24,27,34-36,43-51H2,1-3H3,(H,67,68)/b10-7-,11-8-,12-9-,19-16-,20-17-,21-18-,26-25-,31-28-,32-29-,33-30-,40-37-,41-38-,42-39-. The lowest BCUT2D eigenvalue weighted by Crippen LogP contribution is -2.61. The molecule has 1 aliphatic rings. The van der Waals surface area contributed by atoms with Crippen LogP contribution in [0.15, 0.2) is 158 Å². The Balaban J connectivity index is 2.85. The quantitative estimate of drug-likeness (QED) is 0.0229. The molecule has 1 rings (SSSR count). The highest BCUT2D eigenvalue weighted by atomic mass is 16.7. The molecule has 0 spiro atoms. The summed E-state index contributed by atoms with van der Waals surface area (Å²) in [6.45, 7) is 5.44. The number of esters is 3. The average molecular weight is 1010 g/mol. The summed E-state index contributed by atoms with van der Waals surface area (Å²) in [4.78, 5) is 50.8. The number of aliphatic hydroxyl groups is 2. The Morgan fingerprint density at radius 3 is 1.22 bits per heavy atom. The first-order valence-corrected chi connectivity index (χ1v) is 26.5. The fraction of sp³-hybridized carbons (Fsp3) is 0.508. The van der Waals surface area contributed by atoms with Gasteiger partial charge < -0.3 is 39.0 Å². The van der Waals surface area contributed by atoms with Crippen molar-refractivity contribution in [3.63, 3.8) is 0 Å². The minimum absolute atomic E-state index is 0.0102. The van der Waals surface area contributed by atoms with Gasteiger partial charge in [-0.15, -0.1) is 0 Å². The zero-order valence-electron chi connectivity index (χ0n) is 44.0. The van der Waals surface area contributed by atoms with E-state index in [0.29, 0.717) is 38.5 Å². The number of aliphatic carboxylic acids is 1. The lowest BCUT2D eigenvalue weighted by molar-refractivity contribution is -0.301. The molecule has 404 valence electrons. The number of ether oxygens (including phenoxy) is 5. The third kappa shape index (κ3) is 37.7. The van der Waals surface area contributed by atoms with Gasteiger partial charge in [0.2, 0.25) is 0 Å². The van der Waals surface area contributed by atoms with E-state index in [1.54, 1.807) is 0 Å². The number of aliphatic hydroxyl groups excluding tert-OH is 2. The van der Waals surface area contributed by atoms with Crippen LogP contribution >= 0.6 is 0 Å². The maximum atomic E-state index is 13.0. The first kappa shape index (κ1) is 65.4. The van der Waals surface area contributed by atoms with Crippen LogP contribution < -0.4 is 0 Å². The highest BCUT2D eigenvalue weighted by Gasteiger charge is 2.50. The molecule has 0 radical (unpaired) electrons. The Hall–Kier alpha value is -5.66. The van der Waals surface area contributed by atoms with Gasteiger partial charge in [0.05, 0.1) is 6.61 Å². The molecule has 1 fully saturated rings. The fourth-order valence-corrected chi connectivity index (χ4v) is 6.66. The lowest BCUT2D eigenvalue weighted by atomic mass is 9.98. The fourth-order valence-electron chi connectivity index (χ4n) is 6.66. The van der Waals surface area contributed by atoms with Crippen LogP contribution in [0.1, 0.15) is 149 Å². The number of carboxylic acid groups (broad SMARTS) is 1. The molecule has 12 nitrogen and oxygen atoms in total. The van der Waals surface area contributed by atoms with Crippen molar-refractivity contribution < 1.29 is 58.2 Å². The van der Waals surface area contributed by atoms with Crippen molar-refractivity contribution in [3.8, 4) is 0 Å². The van der Waals surface area contributed by atoms with Gasteiger partial charge in [0.1, 0.15) is 18.8 Å². The van der Waals surface area contributed by atoms with E-state index in [2.05, 4.69) is 136 Å². The summed E-state index contributed by atoms with van der Waals surface area (Å²) >= 11 is 0. The highest BCUT2D eigenvalue weighted by Crippen LogP contribution is 2.26. The summed E-state index contributed by atoms with van der Waals surface area (Å²) in [5.74, 6) is -3.46. The first-order chi connectivity index (χ1) is 35.6. The van der Waals surface area contributed by atoms with Crippen molar-refractivity contribution in [1.82, 2.24) is 0 Å². The zero-order chi connectivity index (χ0) is 53.3. The van der Waals surface area contributed by atoms with Gasteiger partial charge >= 0.3 is 23.9 Å². The Labute approximate surface area is 437 Å². The highest BCUT2D eigenvalue weighted by molar-refractivity contribution is 5.74. The van der Waals surface area contributed by atoms with Crippen molar-refractivity contribution in [2.45, 2.75) is 186 Å². The molecule has 0 bridgehead atoms. The Morgan fingerprint density at radius 1 is 0.452 bits per heavy atom. The Morgan fingerprint density at radius 2 is 0.822 bits per heavy atom. The maximum absolute atomic E-state index is 13.0. The van der Waals surface area contributed by atoms with E-state index in [1.165, 1.54) is 0 Å². The maximum Gasteiger partial charge on any atom is 0.335 e. The van der Waals surface area contributed by atoms with E-state index in [0.717, 1.165) is 70.6 Å². The molecule has 0 aromatic rings. The number of hydrogen-bond acceptors (Lipinski definition) is 11. The minimum Gasteiger partial charge on any atom is -0.479 e. The summed E-state index contributed by atoms with van der Waals surface area (Å²) in [6, 6.07) is 0. The molecule has 1 heterocycles. The van der Waals surface area contributed by atoms with E-state index >= 15 is 0 Å². The lowest BCUT2D eigenvalue weighted by Gasteiger charge is -2.40. The SMILES string of the molecule is CC/C=C\C/C=C\C/C=C\C/C=C\C/C=C\CCCC(=O)OC1C(OCC(COC(=O)CC/C=C\C/C=C\C/C=C\C/C=C\CC)OC(=O)CC/C=C\C/C=C\C/C=C\C/C=C\CC)OC(C(=O)O)C(O)C1O. The largest absolute Gasteiger partial charge is 0.479 e. The molecule has 0 saturated carbocycles. The number of carboxylic acids is 1. The normalized spacial score (nSPS) is 19.6. The summed E-state index contributed by atoms with van der Waals surface area (Å²) in [5, 5.41) is 31.4. The molecular formula is C61H88O12. The van der Waals surface area contributed by atoms with Gasteiger partial charge in [-0.3, -0.25) is 14.4 Å². The van der Waals surface area contributed by atoms with Crippen molar-refractivity contribution in [1.29, 1.82) is 0 Å². The van der Waals surface area contributed by atoms with Gasteiger partial charge in [0.15, 0.2) is 24.6 Å². The molecular weight excluding hydrogens is 925 g/mol. The van der Waals surface area contributed by atoms with Crippen LogP contribution in [0.4, 0.5) is 0 Å². The predicted octanol–water partition coefficient (Wildman–Crippen LogP) is 13.0. The molecule has 6 unspecified atom stereocenters. The molecule has 6 atom stereocenters. The second-order valence-electron chi connectivity index (χ2n) is 17.0. The Bertz CT molecular complexity index is 1870. The van der Waals surface area contributed by atoms with Crippen molar-refractivity contribution in [3.05, 3.63) is 158 Å². The van der Waals surface area contributed by atoms with Gasteiger partial charge in [-0.25, -0.2) is 4.79 Å². The topological polar surface area (TPSA) is 175 Å². The van der Waals surface area contributed by atoms with Crippen molar-refractivity contribution in [2.75, 3.05) is 13.2 Å². The zero-order valence-corrected chi connectivity index (χ0v) is 44.0. The van der Waals surface area contributed by atoms with Gasteiger partial charge in [0, 0.05) is 19.3 Å². The van der Waals surface area contributed by atoms with E-state index in [4.69, 9.17) is 23.7 Å². The third-order valence-corrected chi connectivity index (χ3v) is 10.6. The molecule has 1 aliphatic heterocycles. The number of hydrogen-bond donors (Lipinski definition) is 3. The van der Waals surface area contributed by atoms with Gasteiger partial charge in [0.25, 0.3) is 0 Å². The van der Waals surface area contributed by atoms with Gasteiger partial charge in [-0.05, 0) is 109 Å². The van der Waals surface area contributed by atoms with Crippen LogP contribution in [0.3, 0.4) is 0 Å². The van der Waals surface area contributed by atoms with E-state index in [1.807, 2.05) is 42.5 Å². The molecule has 0 aromatic carbocycles. The number of rotatable bonds is 41. The second-order valence-corrected chi connectivity index (χ2v) is 17.0. The summed E-state index contributed by atoms with van der Waals surface area (Å²) < 4.78 is 28.0. The summed E-state index contributed by atoms with van der Waals surface area (Å²) in [5.41, 5.74) is 0. The molecule has 3 N–H and O–H groups in total. The average Bonchev–Trinajstić information content (AvgIpc) is 3.37. The first-order valence-electron chi connectivity index (χ1n) is 26.5. The minimum atomic E-state index is -1.95. The van der Waals surface area contributed by atoms with Crippen LogP contribution in [0.2, 0.25) is 0 Å². The Kier molecular flexibility index (Phi) is 42.4. The number of carbonyl (C=O) groups excluding carboxylic acids is 3. The number of unbranched alkanes of at least 4 members (excludes halogenated alkanes) is 1. The van der Waals surface area contributed by atoms with Crippen LogP contribution in [-0.4, -0.2) is 89.2 Å². The van der Waals surface area contributed by atoms with Crippen LogP contribution in [0.5, 0.6) is 0 Å². The molecule has 12 heteroatoms. The van der Waals surface area contributed by atoms with Gasteiger partial charge in [-0.1, -0.05) is 179 Å². The van der Waals surface area contributed by atoms with E-state index < -0.39 is 73.9 Å². The summed E-state index contributed by atoms with van der Waals surface area (Å²) in [6.07, 6.45) is 57.0. The van der Waals surface area contributed by atoms with Crippen LogP contribution in [-0.2, 0) is 42.9 Å². The summed E-state index contributed by atoms with van der Waals surface area (Å²) in [7, 11) is 0. The molecule has 0 aromatic heterocycles. The number of carbonyl (C=O) groups is 4. The van der Waals surface area contributed by atoms with Crippen molar-refractivity contribution >= 4 is 23.9 Å². The van der Waals surface area contributed by atoms with Crippen LogP contribution in [0, 0.1) is 0 Å². The van der Waals surface area contributed by atoms with Crippen molar-refractivity contribution in [2.24, 2.45) is 0 Å². The van der Waals surface area contributed by atoms with E-state index in [-0.39, 0.29) is 19.3 Å². The molecule has 73 heavy (non-hydrogen) atoms. The third-order valence-electron chi connectivity index (χ3n) is 10.6. The monoisotopic (exact) mass is 1010 g/mol. The molecule has 1 saturated heterocycles. The molecule has 0 aliphatic carbocycles. The van der Waals surface area contributed by atoms with Gasteiger partial charge in [-0.2, -0.15) is 0 Å². The second kappa shape index (κ2) is 47.4. The number of allylic oxidation sites excluding steroid dienone is 26. The van der Waals surface area contributed by atoms with E-state index in [9.17, 15) is 34.5 Å².